The molecule has 21 heavy (non-hydrogen) atoms. The summed E-state index contributed by atoms with van der Waals surface area (Å²) in [5.74, 6) is -0.659. The van der Waals surface area contributed by atoms with E-state index in [-0.39, 0.29) is 28.3 Å². The van der Waals surface area contributed by atoms with E-state index < -0.39 is 30.5 Å². The third kappa shape index (κ3) is 3.73. The minimum Gasteiger partial charge on any atom is -0.399 e. The van der Waals surface area contributed by atoms with Crippen molar-refractivity contribution in [3.05, 3.63) is 29.3 Å². The van der Waals surface area contributed by atoms with Crippen molar-refractivity contribution >= 4 is 25.4 Å². The van der Waals surface area contributed by atoms with Gasteiger partial charge in [0.2, 0.25) is 0 Å². The zero-order valence-electron chi connectivity index (χ0n) is 11.7. The summed E-state index contributed by atoms with van der Waals surface area (Å²) in [6.45, 7) is 2.71. The Balaban J connectivity index is 3.50. The maximum atomic E-state index is 11.8. The van der Waals surface area contributed by atoms with Gasteiger partial charge in [-0.3, -0.25) is 0 Å². The van der Waals surface area contributed by atoms with Crippen molar-refractivity contribution < 1.29 is 27.0 Å². The van der Waals surface area contributed by atoms with Crippen molar-refractivity contribution in [1.29, 1.82) is 0 Å². The highest BCUT2D eigenvalue weighted by atomic mass is 32.2. The van der Waals surface area contributed by atoms with Crippen molar-refractivity contribution in [3.63, 3.8) is 0 Å². The average molecular weight is 337 g/mol. The van der Waals surface area contributed by atoms with Crippen molar-refractivity contribution in [1.82, 2.24) is 0 Å². The molecule has 0 fully saturated rings. The van der Waals surface area contributed by atoms with Gasteiger partial charge in [-0.15, -0.1) is 0 Å². The molecule has 4 N–H and O–H groups in total. The molecule has 0 aliphatic carbocycles. The first kappa shape index (κ1) is 17.9. The van der Waals surface area contributed by atoms with Crippen LogP contribution in [0.1, 0.15) is 35.8 Å². The molecule has 0 saturated heterocycles. The fourth-order valence-electron chi connectivity index (χ4n) is 1.73. The highest BCUT2D eigenvalue weighted by molar-refractivity contribution is 7.91. The van der Waals surface area contributed by atoms with Gasteiger partial charge in [-0.05, 0) is 12.1 Å². The van der Waals surface area contributed by atoms with Crippen LogP contribution in [0.3, 0.4) is 0 Å². The van der Waals surface area contributed by atoms with Gasteiger partial charge in [-0.2, -0.15) is 0 Å². The Kier molecular flexibility index (Phi) is 5.37. The van der Waals surface area contributed by atoms with Gasteiger partial charge in [0.05, 0.1) is 11.5 Å². The topological polar surface area (TPSA) is 135 Å². The van der Waals surface area contributed by atoms with E-state index in [1.165, 1.54) is 26.0 Å². The molecule has 0 heterocycles. The number of hydrogen-bond acceptors (Lipinski definition) is 7. The van der Waals surface area contributed by atoms with Crippen LogP contribution in [0.4, 0.5) is 5.69 Å². The smallest absolute Gasteiger partial charge is 0.181 e. The predicted octanol–water partition coefficient (Wildman–Crippen LogP) is 0.120. The van der Waals surface area contributed by atoms with E-state index in [0.717, 1.165) is 6.07 Å². The quantitative estimate of drug-likeness (QED) is 0.627. The van der Waals surface area contributed by atoms with Crippen molar-refractivity contribution in [2.45, 2.75) is 24.7 Å². The number of nitrogen functional groups attached to an aromatic ring is 1. The van der Waals surface area contributed by atoms with Gasteiger partial charge in [-0.1, -0.05) is 19.9 Å². The first-order valence-corrected chi connectivity index (χ1v) is 9.68. The Labute approximate surface area is 124 Å². The zero-order chi connectivity index (χ0) is 16.4. The number of hydrogen-bond donors (Lipinski definition) is 3. The van der Waals surface area contributed by atoms with E-state index in [4.69, 9.17) is 5.73 Å². The van der Waals surface area contributed by atoms with Crippen LogP contribution in [0, 0.1) is 0 Å². The molecule has 9 heteroatoms. The molecule has 0 aromatic heterocycles. The molecular weight excluding hydrogens is 318 g/mol. The zero-order valence-corrected chi connectivity index (χ0v) is 13.4. The number of nitrogens with two attached hydrogens (primary N) is 1. The molecule has 0 amide bonds. The van der Waals surface area contributed by atoms with E-state index in [2.05, 4.69) is 0 Å². The molecule has 0 spiro atoms. The lowest BCUT2D eigenvalue weighted by Crippen LogP contribution is -2.21. The Bertz CT molecular complexity index is 711. The van der Waals surface area contributed by atoms with Crippen LogP contribution in [-0.2, 0) is 19.7 Å². The summed E-state index contributed by atoms with van der Waals surface area (Å²) < 4.78 is 47.1. The van der Waals surface area contributed by atoms with Gasteiger partial charge in [0.1, 0.15) is 0 Å². The number of rotatable bonds is 6. The lowest BCUT2D eigenvalue weighted by molar-refractivity contribution is 0.233. The molecule has 2 atom stereocenters. The van der Waals surface area contributed by atoms with Gasteiger partial charge in [0, 0.05) is 16.8 Å². The monoisotopic (exact) mass is 337 g/mol. The largest absolute Gasteiger partial charge is 0.399 e. The van der Waals surface area contributed by atoms with Crippen LogP contribution in [-0.4, -0.2) is 38.6 Å². The lowest BCUT2D eigenvalue weighted by atomic mass is 10.1. The molecular formula is C12H19NO6S2. The molecule has 7 nitrogen and oxygen atoms in total. The highest BCUT2D eigenvalue weighted by Crippen LogP contribution is 2.32. The second-order valence-electron chi connectivity index (χ2n) is 4.50. The van der Waals surface area contributed by atoms with E-state index in [0.29, 0.717) is 0 Å². The average Bonchev–Trinajstić information content (AvgIpc) is 2.45. The first-order valence-electron chi connectivity index (χ1n) is 6.25. The Morgan fingerprint density at radius 2 is 1.38 bits per heavy atom. The Morgan fingerprint density at radius 1 is 0.952 bits per heavy atom. The van der Waals surface area contributed by atoms with E-state index >= 15 is 0 Å². The molecule has 0 aliphatic heterocycles. The van der Waals surface area contributed by atoms with Gasteiger partial charge in [-0.25, -0.2) is 16.8 Å². The van der Waals surface area contributed by atoms with Crippen molar-refractivity contribution in [2.75, 3.05) is 17.2 Å². The summed E-state index contributed by atoms with van der Waals surface area (Å²) in [6, 6.07) is 3.69. The van der Waals surface area contributed by atoms with Crippen LogP contribution < -0.4 is 5.73 Å². The standard InChI is InChI=1S/C12H19NO6S2/c1-3-20(16,17)11(14)9-6-5-8(13)7-10(9)12(15)21(18,19)4-2/h5-7,11-12,14-15H,3-4,13H2,1-2H3. The fraction of sp³-hybridized carbons (Fsp3) is 0.500. The number of sulfone groups is 2. The fourth-order valence-corrected chi connectivity index (χ4v) is 3.56. The second-order valence-corrected chi connectivity index (χ2v) is 9.20. The normalized spacial score (nSPS) is 15.6. The Morgan fingerprint density at radius 3 is 1.81 bits per heavy atom. The van der Waals surface area contributed by atoms with E-state index in [1.807, 2.05) is 0 Å². The van der Waals surface area contributed by atoms with Crippen molar-refractivity contribution in [2.24, 2.45) is 0 Å². The molecule has 1 rings (SSSR count). The molecule has 0 bridgehead atoms. The number of aliphatic hydroxyl groups excluding tert-OH is 2. The second kappa shape index (κ2) is 6.30. The molecule has 1 aromatic carbocycles. The third-order valence-corrected chi connectivity index (χ3v) is 6.61. The van der Waals surface area contributed by atoms with E-state index in [1.54, 1.807) is 0 Å². The molecule has 0 saturated carbocycles. The number of benzene rings is 1. The third-order valence-electron chi connectivity index (χ3n) is 3.13. The van der Waals surface area contributed by atoms with E-state index in [9.17, 15) is 27.0 Å². The minimum atomic E-state index is -3.88. The van der Waals surface area contributed by atoms with Crippen LogP contribution in [0.2, 0.25) is 0 Å². The van der Waals surface area contributed by atoms with Crippen LogP contribution in [0.15, 0.2) is 18.2 Å². The van der Waals surface area contributed by atoms with Crippen LogP contribution in [0.5, 0.6) is 0 Å². The Hall–Kier alpha value is -1.16. The summed E-state index contributed by atoms with van der Waals surface area (Å²) in [4.78, 5) is 0. The molecule has 2 unspecified atom stereocenters. The van der Waals surface area contributed by atoms with Crippen LogP contribution >= 0.6 is 0 Å². The van der Waals surface area contributed by atoms with Gasteiger partial charge < -0.3 is 15.9 Å². The SMILES string of the molecule is CCS(=O)(=O)C(O)c1ccc(N)cc1C(O)S(=O)(=O)CC. The molecule has 0 radical (unpaired) electrons. The highest BCUT2D eigenvalue weighted by Gasteiger charge is 2.31. The maximum absolute atomic E-state index is 11.8. The van der Waals surface area contributed by atoms with Crippen molar-refractivity contribution in [3.8, 4) is 0 Å². The van der Waals surface area contributed by atoms with Gasteiger partial charge in [0.25, 0.3) is 0 Å². The predicted molar refractivity (Wildman–Crippen MR) is 79.7 cm³/mol. The summed E-state index contributed by atoms with van der Waals surface area (Å²) in [5, 5.41) is 20.0. The summed E-state index contributed by atoms with van der Waals surface area (Å²) in [5.41, 5.74) is 1.44. The maximum Gasteiger partial charge on any atom is 0.181 e. The summed E-state index contributed by atoms with van der Waals surface area (Å²) in [7, 11) is -7.75. The van der Waals surface area contributed by atoms with Gasteiger partial charge >= 0.3 is 0 Å². The number of aliphatic hydroxyl groups is 2. The summed E-state index contributed by atoms with van der Waals surface area (Å²) in [6.07, 6.45) is 0. The molecule has 120 valence electrons. The summed E-state index contributed by atoms with van der Waals surface area (Å²) >= 11 is 0. The molecule has 1 aromatic rings. The van der Waals surface area contributed by atoms with Crippen LogP contribution in [0.25, 0.3) is 0 Å². The minimum absolute atomic E-state index is 0.153. The first-order chi connectivity index (χ1) is 9.56. The molecule has 0 aliphatic rings. The number of anilines is 1. The lowest BCUT2D eigenvalue weighted by Gasteiger charge is -2.19. The van der Waals surface area contributed by atoms with Gasteiger partial charge in [0.15, 0.2) is 30.5 Å².